The summed E-state index contributed by atoms with van der Waals surface area (Å²) >= 11 is 6.43. The molecule has 0 saturated heterocycles. The van der Waals surface area contributed by atoms with Crippen LogP contribution in [0.5, 0.6) is 17.2 Å². The van der Waals surface area contributed by atoms with E-state index >= 15 is 0 Å². The number of hydrogen-bond acceptors (Lipinski definition) is 8. The van der Waals surface area contributed by atoms with Gasteiger partial charge in [-0.05, 0) is 36.2 Å². The van der Waals surface area contributed by atoms with Gasteiger partial charge in [-0.25, -0.2) is 18.4 Å². The highest BCUT2D eigenvalue weighted by molar-refractivity contribution is 7.91. The number of aromatic nitrogens is 2. The Morgan fingerprint density at radius 1 is 1.19 bits per heavy atom. The lowest BCUT2D eigenvalue weighted by Crippen LogP contribution is -2.20. The number of nitrogens with zero attached hydrogens (tertiary/aromatic N) is 3. The minimum absolute atomic E-state index is 0.00793. The standard InChI is InChI=1S/C25H27ClN4O5S/c1-5-12-34-23-19(14-27)22(31)20(13-21(23)26)25(2,3)16-6-8-18(9-7-16)35-15-17-10-11-28-24(29-17)30-36(4,32)33/h6-11,13,31H,5,12,15H2,1-4H3,(H,28,29,30). The fourth-order valence-electron chi connectivity index (χ4n) is 3.52. The molecule has 0 aliphatic carbocycles. The van der Waals surface area contributed by atoms with Gasteiger partial charge >= 0.3 is 0 Å². The number of aromatic hydroxyl groups is 1. The molecule has 0 unspecified atom stereocenters. The number of nitriles is 1. The predicted octanol–water partition coefficient (Wildman–Crippen LogP) is 4.77. The highest BCUT2D eigenvalue weighted by Gasteiger charge is 2.30. The van der Waals surface area contributed by atoms with Crippen LogP contribution in [-0.2, 0) is 22.0 Å². The van der Waals surface area contributed by atoms with Gasteiger partial charge in [0.15, 0.2) is 5.75 Å². The maximum absolute atomic E-state index is 11.4. The predicted molar refractivity (Wildman–Crippen MR) is 137 cm³/mol. The molecule has 0 spiro atoms. The molecule has 190 valence electrons. The van der Waals surface area contributed by atoms with E-state index < -0.39 is 15.4 Å². The van der Waals surface area contributed by atoms with E-state index in [-0.39, 0.29) is 34.6 Å². The maximum Gasteiger partial charge on any atom is 0.236 e. The number of phenols is 1. The number of nitrogens with one attached hydrogen (secondary N) is 1. The van der Waals surface area contributed by atoms with Gasteiger partial charge in [-0.2, -0.15) is 5.26 Å². The zero-order chi connectivity index (χ0) is 26.5. The summed E-state index contributed by atoms with van der Waals surface area (Å²) in [7, 11) is -3.49. The van der Waals surface area contributed by atoms with Crippen molar-refractivity contribution < 1.29 is 23.0 Å². The summed E-state index contributed by atoms with van der Waals surface area (Å²) in [5, 5.41) is 20.8. The van der Waals surface area contributed by atoms with Gasteiger partial charge in [0, 0.05) is 17.2 Å². The number of hydrogen-bond donors (Lipinski definition) is 2. The molecular weight excluding hydrogens is 504 g/mol. The molecule has 2 aromatic carbocycles. The van der Waals surface area contributed by atoms with E-state index in [1.807, 2.05) is 39.0 Å². The molecule has 0 fully saturated rings. The SMILES string of the molecule is CCCOc1c(Cl)cc(C(C)(C)c2ccc(OCc3ccnc(NS(C)(=O)=O)n3)cc2)c(O)c1C#N. The monoisotopic (exact) mass is 530 g/mol. The Morgan fingerprint density at radius 2 is 1.89 bits per heavy atom. The summed E-state index contributed by atoms with van der Waals surface area (Å²) < 4.78 is 36.4. The first-order chi connectivity index (χ1) is 17.0. The largest absolute Gasteiger partial charge is 0.506 e. The minimum Gasteiger partial charge on any atom is -0.506 e. The third-order valence-electron chi connectivity index (χ3n) is 5.40. The van der Waals surface area contributed by atoms with Gasteiger partial charge < -0.3 is 14.6 Å². The van der Waals surface area contributed by atoms with E-state index in [2.05, 4.69) is 14.7 Å². The first-order valence-electron chi connectivity index (χ1n) is 11.1. The molecule has 0 saturated carbocycles. The van der Waals surface area contributed by atoms with Crippen molar-refractivity contribution in [2.75, 3.05) is 17.6 Å². The van der Waals surface area contributed by atoms with Crippen LogP contribution in [0.25, 0.3) is 0 Å². The van der Waals surface area contributed by atoms with Crippen LogP contribution in [0.15, 0.2) is 42.6 Å². The molecule has 3 rings (SSSR count). The van der Waals surface area contributed by atoms with Gasteiger partial charge in [-0.1, -0.05) is 44.5 Å². The average Bonchev–Trinajstić information content (AvgIpc) is 2.82. The van der Waals surface area contributed by atoms with E-state index in [1.165, 1.54) is 6.20 Å². The third-order valence-corrected chi connectivity index (χ3v) is 6.23. The molecule has 1 heterocycles. The number of benzene rings is 2. The van der Waals surface area contributed by atoms with E-state index in [1.54, 1.807) is 24.3 Å². The number of phenolic OH excluding ortho intramolecular Hbond substituents is 1. The molecule has 9 nitrogen and oxygen atoms in total. The van der Waals surface area contributed by atoms with Crippen molar-refractivity contribution in [2.45, 2.75) is 39.2 Å². The van der Waals surface area contributed by atoms with Crippen molar-refractivity contribution in [3.63, 3.8) is 0 Å². The van der Waals surface area contributed by atoms with Gasteiger partial charge in [-0.3, -0.25) is 4.72 Å². The summed E-state index contributed by atoms with van der Waals surface area (Å²) in [5.74, 6) is 0.549. The molecule has 0 atom stereocenters. The summed E-state index contributed by atoms with van der Waals surface area (Å²) in [6.45, 7) is 6.25. The fraction of sp³-hybridized carbons (Fsp3) is 0.320. The Balaban J connectivity index is 1.80. The zero-order valence-corrected chi connectivity index (χ0v) is 21.9. The lowest BCUT2D eigenvalue weighted by Gasteiger charge is -2.28. The highest BCUT2D eigenvalue weighted by atomic mass is 35.5. The topological polar surface area (TPSA) is 134 Å². The highest BCUT2D eigenvalue weighted by Crippen LogP contribution is 2.45. The molecule has 11 heteroatoms. The molecule has 0 bridgehead atoms. The lowest BCUT2D eigenvalue weighted by molar-refractivity contribution is 0.301. The van der Waals surface area contributed by atoms with Crippen molar-refractivity contribution in [3.8, 4) is 23.3 Å². The van der Waals surface area contributed by atoms with Crippen molar-refractivity contribution in [3.05, 3.63) is 70.0 Å². The second-order valence-corrected chi connectivity index (χ2v) is 10.8. The molecule has 36 heavy (non-hydrogen) atoms. The average molecular weight is 531 g/mol. The minimum atomic E-state index is -3.49. The molecule has 0 aliphatic rings. The molecule has 0 radical (unpaired) electrons. The Morgan fingerprint density at radius 3 is 2.50 bits per heavy atom. The van der Waals surface area contributed by atoms with Crippen molar-refractivity contribution in [1.82, 2.24) is 9.97 Å². The fourth-order valence-corrected chi connectivity index (χ4v) is 4.21. The summed E-state index contributed by atoms with van der Waals surface area (Å²) in [6, 6.07) is 12.5. The lowest BCUT2D eigenvalue weighted by atomic mass is 9.77. The normalized spacial score (nSPS) is 11.6. The molecular formula is C25H27ClN4O5S. The van der Waals surface area contributed by atoms with Gasteiger partial charge in [0.05, 0.1) is 23.6 Å². The molecule has 3 aromatic rings. The van der Waals surface area contributed by atoms with Crippen molar-refractivity contribution >= 4 is 27.6 Å². The number of ether oxygens (including phenoxy) is 2. The Hall–Kier alpha value is -3.55. The van der Waals surface area contributed by atoms with Crippen LogP contribution in [0.3, 0.4) is 0 Å². The Bertz CT molecular complexity index is 1390. The maximum atomic E-state index is 11.4. The van der Waals surface area contributed by atoms with Crippen LogP contribution in [-0.4, -0.2) is 36.4 Å². The summed E-state index contributed by atoms with van der Waals surface area (Å²) in [5.41, 5.74) is 1.16. The van der Waals surface area contributed by atoms with Crippen molar-refractivity contribution in [2.24, 2.45) is 0 Å². The number of anilines is 1. The van der Waals surface area contributed by atoms with Crippen LogP contribution in [0.1, 0.15) is 49.6 Å². The molecule has 1 aromatic heterocycles. The number of rotatable bonds is 10. The Labute approximate surface area is 215 Å². The van der Waals surface area contributed by atoms with E-state index in [4.69, 9.17) is 21.1 Å². The number of halogens is 1. The zero-order valence-electron chi connectivity index (χ0n) is 20.4. The molecule has 2 N–H and O–H groups in total. The first kappa shape index (κ1) is 27.0. The quantitative estimate of drug-likeness (QED) is 0.382. The third kappa shape index (κ3) is 6.36. The van der Waals surface area contributed by atoms with E-state index in [9.17, 15) is 18.8 Å². The van der Waals surface area contributed by atoms with E-state index in [0.717, 1.165) is 18.2 Å². The van der Waals surface area contributed by atoms with E-state index in [0.29, 0.717) is 23.6 Å². The van der Waals surface area contributed by atoms with Crippen LogP contribution in [0.2, 0.25) is 5.02 Å². The van der Waals surface area contributed by atoms with Gasteiger partial charge in [0.1, 0.15) is 29.7 Å². The second-order valence-electron chi connectivity index (χ2n) is 8.60. The molecule has 0 amide bonds. The smallest absolute Gasteiger partial charge is 0.236 e. The summed E-state index contributed by atoms with van der Waals surface area (Å²) in [6.07, 6.45) is 3.20. The van der Waals surface area contributed by atoms with Crippen LogP contribution >= 0.6 is 11.6 Å². The molecule has 0 aliphatic heterocycles. The number of sulfonamides is 1. The van der Waals surface area contributed by atoms with Gasteiger partial charge in [-0.15, -0.1) is 0 Å². The van der Waals surface area contributed by atoms with Gasteiger partial charge in [0.25, 0.3) is 0 Å². The van der Waals surface area contributed by atoms with Crippen LogP contribution in [0, 0.1) is 11.3 Å². The van der Waals surface area contributed by atoms with Crippen LogP contribution in [0.4, 0.5) is 5.95 Å². The summed E-state index contributed by atoms with van der Waals surface area (Å²) in [4.78, 5) is 8.00. The Kier molecular flexibility index (Phi) is 8.28. The second kappa shape index (κ2) is 11.0. The van der Waals surface area contributed by atoms with Crippen molar-refractivity contribution in [1.29, 1.82) is 5.26 Å². The first-order valence-corrected chi connectivity index (χ1v) is 13.3. The van der Waals surface area contributed by atoms with Gasteiger partial charge in [0.2, 0.25) is 16.0 Å². The van der Waals surface area contributed by atoms with Crippen LogP contribution < -0.4 is 14.2 Å².